The fourth-order valence-corrected chi connectivity index (χ4v) is 3.34. The molecule has 0 spiro atoms. The molecule has 0 saturated carbocycles. The highest BCUT2D eigenvalue weighted by molar-refractivity contribution is 7.09. The van der Waals surface area contributed by atoms with E-state index in [0.29, 0.717) is 31.8 Å². The van der Waals surface area contributed by atoms with Crippen LogP contribution in [0.5, 0.6) is 0 Å². The topological polar surface area (TPSA) is 46.3 Å². The lowest BCUT2D eigenvalue weighted by Gasteiger charge is -2.19. The van der Waals surface area contributed by atoms with Gasteiger partial charge in [0.15, 0.2) is 11.7 Å². The van der Waals surface area contributed by atoms with Gasteiger partial charge in [-0.2, -0.15) is 0 Å². The number of benzene rings is 1. The third kappa shape index (κ3) is 4.57. The molecule has 3 rings (SSSR count). The van der Waals surface area contributed by atoms with Gasteiger partial charge in [0.1, 0.15) is 0 Å². The van der Waals surface area contributed by atoms with Crippen molar-refractivity contribution < 1.29 is 9.21 Å². The molecular weight excluding hydrogens is 332 g/mol. The Hall–Kier alpha value is -2.40. The van der Waals surface area contributed by atoms with Crippen LogP contribution in [-0.2, 0) is 17.8 Å². The molecule has 25 heavy (non-hydrogen) atoms. The second-order valence-corrected chi connectivity index (χ2v) is 7.00. The number of oxazole rings is 1. The molecular formula is C20H22N2O2S. The minimum absolute atomic E-state index is 0.131. The Kier molecular flexibility index (Phi) is 5.66. The van der Waals surface area contributed by atoms with Gasteiger partial charge in [0.2, 0.25) is 5.91 Å². The number of carbonyl (C=O) groups is 1. The van der Waals surface area contributed by atoms with Crippen LogP contribution in [0.3, 0.4) is 0 Å². The molecule has 4 nitrogen and oxygen atoms in total. The van der Waals surface area contributed by atoms with E-state index in [1.807, 2.05) is 47.5 Å². The van der Waals surface area contributed by atoms with Gasteiger partial charge in [0.05, 0.1) is 12.7 Å². The van der Waals surface area contributed by atoms with E-state index in [1.165, 1.54) is 10.4 Å². The van der Waals surface area contributed by atoms with Crippen LogP contribution >= 0.6 is 11.3 Å². The molecule has 0 atom stereocenters. The maximum Gasteiger partial charge on any atom is 0.223 e. The molecule has 1 amide bonds. The highest BCUT2D eigenvalue weighted by atomic mass is 32.1. The fourth-order valence-electron chi connectivity index (χ4n) is 2.62. The molecule has 2 heterocycles. The summed E-state index contributed by atoms with van der Waals surface area (Å²) in [4.78, 5) is 19.8. The first kappa shape index (κ1) is 17.4. The van der Waals surface area contributed by atoms with Crippen molar-refractivity contribution in [2.24, 2.45) is 0 Å². The number of amides is 1. The lowest BCUT2D eigenvalue weighted by Crippen LogP contribution is -2.30. The first-order chi connectivity index (χ1) is 12.2. The Morgan fingerprint density at radius 2 is 2.04 bits per heavy atom. The van der Waals surface area contributed by atoms with Crippen molar-refractivity contribution in [1.29, 1.82) is 0 Å². The molecule has 2 aromatic heterocycles. The monoisotopic (exact) mass is 354 g/mol. The molecule has 3 aromatic rings. The normalized spacial score (nSPS) is 10.8. The lowest BCUT2D eigenvalue weighted by atomic mass is 10.1. The van der Waals surface area contributed by atoms with Crippen LogP contribution in [0.4, 0.5) is 0 Å². The van der Waals surface area contributed by atoms with E-state index < -0.39 is 0 Å². The Morgan fingerprint density at radius 3 is 2.72 bits per heavy atom. The second kappa shape index (κ2) is 8.12. The standard InChI is InChI=1S/C20H22N2O2S/c1-3-22(14-17-5-4-12-25-17)20(23)11-10-19-21-13-18(24-19)16-8-6-15(2)7-9-16/h4-9,12-13H,3,10-11,14H2,1-2H3. The Labute approximate surface area is 152 Å². The summed E-state index contributed by atoms with van der Waals surface area (Å²) in [7, 11) is 0. The van der Waals surface area contributed by atoms with E-state index in [-0.39, 0.29) is 5.91 Å². The maximum absolute atomic E-state index is 12.4. The molecule has 0 fully saturated rings. The summed E-state index contributed by atoms with van der Waals surface area (Å²) in [5.74, 6) is 1.48. The van der Waals surface area contributed by atoms with Crippen molar-refractivity contribution >= 4 is 17.2 Å². The quantitative estimate of drug-likeness (QED) is 0.618. The number of nitrogens with zero attached hydrogens (tertiary/aromatic N) is 2. The predicted molar refractivity (Wildman–Crippen MR) is 100 cm³/mol. The fraction of sp³-hybridized carbons (Fsp3) is 0.300. The Morgan fingerprint density at radius 1 is 1.24 bits per heavy atom. The molecule has 0 aliphatic carbocycles. The Balaban J connectivity index is 1.57. The van der Waals surface area contributed by atoms with Gasteiger partial charge in [-0.05, 0) is 25.3 Å². The molecule has 0 aliphatic rings. The minimum atomic E-state index is 0.131. The van der Waals surface area contributed by atoms with Crippen LogP contribution in [0.25, 0.3) is 11.3 Å². The molecule has 130 valence electrons. The van der Waals surface area contributed by atoms with E-state index in [9.17, 15) is 4.79 Å². The van der Waals surface area contributed by atoms with E-state index in [2.05, 4.69) is 18.0 Å². The van der Waals surface area contributed by atoms with Crippen LogP contribution in [0.1, 0.15) is 29.7 Å². The number of rotatable bonds is 7. The van der Waals surface area contributed by atoms with E-state index in [0.717, 1.165) is 11.3 Å². The summed E-state index contributed by atoms with van der Waals surface area (Å²) in [5, 5.41) is 2.03. The van der Waals surface area contributed by atoms with Gasteiger partial charge in [-0.1, -0.05) is 35.9 Å². The van der Waals surface area contributed by atoms with Crippen LogP contribution < -0.4 is 0 Å². The van der Waals surface area contributed by atoms with Gasteiger partial charge >= 0.3 is 0 Å². The van der Waals surface area contributed by atoms with Crippen molar-refractivity contribution in [2.75, 3.05) is 6.54 Å². The molecule has 0 N–H and O–H groups in total. The third-order valence-corrected chi connectivity index (χ3v) is 4.96. The lowest BCUT2D eigenvalue weighted by molar-refractivity contribution is -0.131. The number of aromatic nitrogens is 1. The van der Waals surface area contributed by atoms with Crippen molar-refractivity contribution in [1.82, 2.24) is 9.88 Å². The van der Waals surface area contributed by atoms with E-state index in [1.54, 1.807) is 17.5 Å². The van der Waals surface area contributed by atoms with E-state index >= 15 is 0 Å². The molecule has 0 radical (unpaired) electrons. The summed E-state index contributed by atoms with van der Waals surface area (Å²) < 4.78 is 5.80. The van der Waals surface area contributed by atoms with Crippen LogP contribution in [0.2, 0.25) is 0 Å². The molecule has 0 unspecified atom stereocenters. The molecule has 0 bridgehead atoms. The predicted octanol–water partition coefficient (Wildman–Crippen LogP) is 4.69. The highest BCUT2D eigenvalue weighted by Gasteiger charge is 2.14. The molecule has 0 aliphatic heterocycles. The van der Waals surface area contributed by atoms with Crippen molar-refractivity contribution in [3.05, 3.63) is 64.3 Å². The van der Waals surface area contributed by atoms with E-state index in [4.69, 9.17) is 4.42 Å². The van der Waals surface area contributed by atoms with Gasteiger partial charge in [-0.3, -0.25) is 4.79 Å². The molecule has 1 aromatic carbocycles. The van der Waals surface area contributed by atoms with Crippen molar-refractivity contribution in [2.45, 2.75) is 33.2 Å². The summed E-state index contributed by atoms with van der Waals surface area (Å²) in [6.45, 7) is 5.44. The summed E-state index contributed by atoms with van der Waals surface area (Å²) >= 11 is 1.68. The summed E-state index contributed by atoms with van der Waals surface area (Å²) in [5.41, 5.74) is 2.21. The van der Waals surface area contributed by atoms with Gasteiger partial charge < -0.3 is 9.32 Å². The minimum Gasteiger partial charge on any atom is -0.441 e. The van der Waals surface area contributed by atoms with Gasteiger partial charge in [-0.25, -0.2) is 4.98 Å². The zero-order valence-corrected chi connectivity index (χ0v) is 15.4. The number of thiophene rings is 1. The second-order valence-electron chi connectivity index (χ2n) is 5.97. The van der Waals surface area contributed by atoms with Crippen molar-refractivity contribution in [3.63, 3.8) is 0 Å². The first-order valence-electron chi connectivity index (χ1n) is 8.47. The van der Waals surface area contributed by atoms with Crippen molar-refractivity contribution in [3.8, 4) is 11.3 Å². The zero-order valence-electron chi connectivity index (χ0n) is 14.6. The van der Waals surface area contributed by atoms with Crippen LogP contribution in [-0.4, -0.2) is 22.3 Å². The average molecular weight is 354 g/mol. The highest BCUT2D eigenvalue weighted by Crippen LogP contribution is 2.21. The van der Waals surface area contributed by atoms with Crippen LogP contribution in [0.15, 0.2) is 52.4 Å². The number of hydrogen-bond acceptors (Lipinski definition) is 4. The van der Waals surface area contributed by atoms with Gasteiger partial charge in [0.25, 0.3) is 0 Å². The SMILES string of the molecule is CCN(Cc1cccs1)C(=O)CCc1ncc(-c2ccc(C)cc2)o1. The molecule has 0 saturated heterocycles. The Bertz CT molecular complexity index is 807. The number of hydrogen-bond donors (Lipinski definition) is 0. The number of aryl methyl sites for hydroxylation is 2. The first-order valence-corrected chi connectivity index (χ1v) is 9.35. The maximum atomic E-state index is 12.4. The van der Waals surface area contributed by atoms with Gasteiger partial charge in [0, 0.05) is 29.8 Å². The molecule has 5 heteroatoms. The zero-order chi connectivity index (χ0) is 17.6. The smallest absolute Gasteiger partial charge is 0.223 e. The van der Waals surface area contributed by atoms with Crippen LogP contribution in [0, 0.1) is 6.92 Å². The third-order valence-electron chi connectivity index (χ3n) is 4.10. The average Bonchev–Trinajstić information content (AvgIpc) is 3.30. The number of carbonyl (C=O) groups excluding carboxylic acids is 1. The largest absolute Gasteiger partial charge is 0.441 e. The van der Waals surface area contributed by atoms with Gasteiger partial charge in [-0.15, -0.1) is 11.3 Å². The summed E-state index contributed by atoms with van der Waals surface area (Å²) in [6.07, 6.45) is 2.66. The summed E-state index contributed by atoms with van der Waals surface area (Å²) in [6, 6.07) is 12.2.